The van der Waals surface area contributed by atoms with Crippen molar-refractivity contribution in [2.45, 2.75) is 32.4 Å². The van der Waals surface area contributed by atoms with E-state index >= 15 is 0 Å². The summed E-state index contributed by atoms with van der Waals surface area (Å²) < 4.78 is 0. The maximum atomic E-state index is 5.31. The van der Waals surface area contributed by atoms with Crippen LogP contribution >= 0.6 is 0 Å². The summed E-state index contributed by atoms with van der Waals surface area (Å²) in [6.07, 6.45) is 7.89. The van der Waals surface area contributed by atoms with Gasteiger partial charge in [0.15, 0.2) is 5.82 Å². The van der Waals surface area contributed by atoms with Crippen molar-refractivity contribution in [1.29, 1.82) is 0 Å². The first-order chi connectivity index (χ1) is 8.33. The zero-order chi connectivity index (χ0) is 12.1. The molecule has 1 fully saturated rings. The Hall–Kier alpha value is -1.60. The number of hydrogen-bond acceptors (Lipinski definition) is 4. The van der Waals surface area contributed by atoms with Crippen molar-refractivity contribution in [2.24, 2.45) is 0 Å². The first kappa shape index (κ1) is 11.9. The maximum Gasteiger partial charge on any atom is 0.152 e. The van der Waals surface area contributed by atoms with Gasteiger partial charge in [-0.25, -0.2) is 0 Å². The third kappa shape index (κ3) is 3.43. The van der Waals surface area contributed by atoms with E-state index in [1.165, 1.54) is 12.8 Å². The molecule has 0 amide bonds. The van der Waals surface area contributed by atoms with Crippen LogP contribution in [0, 0.1) is 12.3 Å². The summed E-state index contributed by atoms with van der Waals surface area (Å²) >= 11 is 0. The lowest BCUT2D eigenvalue weighted by Gasteiger charge is -2.18. The minimum absolute atomic E-state index is 0.574. The highest BCUT2D eigenvalue weighted by molar-refractivity contribution is 5.38. The molecule has 0 saturated heterocycles. The van der Waals surface area contributed by atoms with Gasteiger partial charge >= 0.3 is 0 Å². The molecule has 1 aromatic rings. The van der Waals surface area contributed by atoms with Crippen LogP contribution < -0.4 is 10.2 Å². The second-order valence-corrected chi connectivity index (χ2v) is 4.26. The number of nitrogens with one attached hydrogen (secondary N) is 1. The van der Waals surface area contributed by atoms with E-state index in [4.69, 9.17) is 6.42 Å². The van der Waals surface area contributed by atoms with Gasteiger partial charge in [-0.1, -0.05) is 5.92 Å². The Labute approximate surface area is 102 Å². The largest absolute Gasteiger partial charge is 0.344 e. The van der Waals surface area contributed by atoms with E-state index in [9.17, 15) is 0 Å². The Bertz CT molecular complexity index is 389. The molecule has 0 unspecified atom stereocenters. The summed E-state index contributed by atoms with van der Waals surface area (Å²) in [6.45, 7) is 4.28. The molecule has 2 rings (SSSR count). The van der Waals surface area contributed by atoms with Gasteiger partial charge in [0.05, 0.1) is 12.2 Å². The molecular weight excluding hydrogens is 212 g/mol. The molecule has 17 heavy (non-hydrogen) atoms. The second-order valence-electron chi connectivity index (χ2n) is 4.26. The van der Waals surface area contributed by atoms with Crippen molar-refractivity contribution >= 4 is 5.82 Å². The number of terminal acetylenes is 1. The fourth-order valence-corrected chi connectivity index (χ4v) is 1.62. The van der Waals surface area contributed by atoms with Crippen molar-refractivity contribution < 1.29 is 0 Å². The fourth-order valence-electron chi connectivity index (χ4n) is 1.62. The van der Waals surface area contributed by atoms with Gasteiger partial charge in [0.25, 0.3) is 0 Å². The second kappa shape index (κ2) is 5.65. The summed E-state index contributed by atoms with van der Waals surface area (Å²) in [5.41, 5.74) is 0.984. The molecule has 1 aliphatic carbocycles. The number of nitrogens with zero attached hydrogens (tertiary/aromatic N) is 3. The Kier molecular flexibility index (Phi) is 3.94. The molecule has 0 bridgehead atoms. The van der Waals surface area contributed by atoms with Crippen molar-refractivity contribution in [3.63, 3.8) is 0 Å². The smallest absolute Gasteiger partial charge is 0.152 e. The molecule has 4 heteroatoms. The van der Waals surface area contributed by atoms with E-state index in [0.29, 0.717) is 12.6 Å². The molecule has 0 radical (unpaired) electrons. The summed E-state index contributed by atoms with van der Waals surface area (Å²) in [4.78, 5) is 2.02. The van der Waals surface area contributed by atoms with E-state index < -0.39 is 0 Å². The van der Waals surface area contributed by atoms with Gasteiger partial charge in [-0.2, -0.15) is 5.10 Å². The average molecular weight is 230 g/mol. The lowest BCUT2D eigenvalue weighted by Crippen LogP contribution is -2.24. The molecule has 4 nitrogen and oxygen atoms in total. The highest BCUT2D eigenvalue weighted by atomic mass is 15.3. The lowest BCUT2D eigenvalue weighted by molar-refractivity contribution is 0.664. The highest BCUT2D eigenvalue weighted by Gasteiger charge is 2.20. The van der Waals surface area contributed by atoms with Gasteiger partial charge < -0.3 is 10.2 Å². The predicted octanol–water partition coefficient (Wildman–Crippen LogP) is 1.19. The number of rotatable bonds is 6. The molecule has 1 N–H and O–H groups in total. The fraction of sp³-hybridized carbons (Fsp3) is 0.538. The molecule has 1 aliphatic rings. The number of hydrogen-bond donors (Lipinski definition) is 1. The number of aromatic nitrogens is 2. The normalized spacial score (nSPS) is 14.4. The van der Waals surface area contributed by atoms with Crippen molar-refractivity contribution in [3.05, 3.63) is 17.8 Å². The van der Waals surface area contributed by atoms with Crippen molar-refractivity contribution in [3.8, 4) is 12.3 Å². The monoisotopic (exact) mass is 230 g/mol. The Morgan fingerprint density at radius 2 is 2.29 bits per heavy atom. The summed E-state index contributed by atoms with van der Waals surface area (Å²) in [6, 6.07) is 4.69. The number of anilines is 1. The average Bonchev–Trinajstić information content (AvgIpc) is 3.18. The molecule has 1 heterocycles. The minimum Gasteiger partial charge on any atom is -0.344 e. The Balaban J connectivity index is 1.93. The van der Waals surface area contributed by atoms with Gasteiger partial charge in [0.1, 0.15) is 0 Å². The zero-order valence-corrected chi connectivity index (χ0v) is 10.2. The van der Waals surface area contributed by atoms with E-state index in [1.807, 2.05) is 17.0 Å². The standard InChI is InChI=1S/C13H18N4/c1-3-9-17(4-2)13-8-7-12(15-16-13)10-14-11-5-6-11/h1,7-8,11,14H,4-6,9-10H2,2H3. The first-order valence-corrected chi connectivity index (χ1v) is 6.08. The van der Waals surface area contributed by atoms with Crippen LogP contribution in [0.15, 0.2) is 12.1 Å². The zero-order valence-electron chi connectivity index (χ0n) is 10.2. The van der Waals surface area contributed by atoms with Crippen LogP contribution in [0.4, 0.5) is 5.82 Å². The summed E-state index contributed by atoms with van der Waals surface area (Å²) in [5, 5.41) is 11.8. The van der Waals surface area contributed by atoms with Crippen LogP contribution in [0.25, 0.3) is 0 Å². The van der Waals surface area contributed by atoms with Gasteiger partial charge in [-0.05, 0) is 31.9 Å². The molecule has 0 atom stereocenters. The van der Waals surface area contributed by atoms with Crippen LogP contribution in [-0.2, 0) is 6.54 Å². The van der Waals surface area contributed by atoms with E-state index in [2.05, 4.69) is 28.4 Å². The Morgan fingerprint density at radius 1 is 1.47 bits per heavy atom. The van der Waals surface area contributed by atoms with Crippen LogP contribution in [0.2, 0.25) is 0 Å². The van der Waals surface area contributed by atoms with Gasteiger partial charge in [-0.15, -0.1) is 11.5 Å². The Morgan fingerprint density at radius 3 is 2.82 bits per heavy atom. The molecular formula is C13H18N4. The topological polar surface area (TPSA) is 41.0 Å². The highest BCUT2D eigenvalue weighted by Crippen LogP contribution is 2.19. The molecule has 0 aliphatic heterocycles. The maximum absolute atomic E-state index is 5.31. The minimum atomic E-state index is 0.574. The SMILES string of the molecule is C#CCN(CC)c1ccc(CNC2CC2)nn1. The predicted molar refractivity (Wildman–Crippen MR) is 68.6 cm³/mol. The third-order valence-corrected chi connectivity index (χ3v) is 2.84. The van der Waals surface area contributed by atoms with Crippen molar-refractivity contribution in [1.82, 2.24) is 15.5 Å². The van der Waals surface area contributed by atoms with Crippen LogP contribution in [0.3, 0.4) is 0 Å². The third-order valence-electron chi connectivity index (χ3n) is 2.84. The first-order valence-electron chi connectivity index (χ1n) is 6.08. The van der Waals surface area contributed by atoms with Gasteiger partial charge in [-0.3, -0.25) is 0 Å². The summed E-state index contributed by atoms with van der Waals surface area (Å²) in [7, 11) is 0. The summed E-state index contributed by atoms with van der Waals surface area (Å²) in [5.74, 6) is 3.47. The van der Waals surface area contributed by atoms with Crippen LogP contribution in [-0.4, -0.2) is 29.3 Å². The van der Waals surface area contributed by atoms with Crippen LogP contribution in [0.1, 0.15) is 25.5 Å². The molecule has 90 valence electrons. The van der Waals surface area contributed by atoms with Gasteiger partial charge in [0.2, 0.25) is 0 Å². The van der Waals surface area contributed by atoms with E-state index in [0.717, 1.165) is 24.6 Å². The van der Waals surface area contributed by atoms with Crippen LogP contribution in [0.5, 0.6) is 0 Å². The molecule has 1 saturated carbocycles. The molecule has 1 aromatic heterocycles. The molecule has 0 spiro atoms. The van der Waals surface area contributed by atoms with E-state index in [1.54, 1.807) is 0 Å². The lowest BCUT2D eigenvalue weighted by atomic mass is 10.3. The molecule has 0 aromatic carbocycles. The quantitative estimate of drug-likeness (QED) is 0.745. The van der Waals surface area contributed by atoms with Gasteiger partial charge in [0, 0.05) is 19.1 Å². The van der Waals surface area contributed by atoms with E-state index in [-0.39, 0.29) is 0 Å². The van der Waals surface area contributed by atoms with Crippen molar-refractivity contribution in [2.75, 3.05) is 18.0 Å².